The first-order chi connectivity index (χ1) is 40.0. The molecular formula is C75H149NO5. The number of carbonyl (C=O) groups is 2. The molecule has 1 amide bonds. The third kappa shape index (κ3) is 67.9. The molecule has 0 aliphatic heterocycles. The molecule has 2 unspecified atom stereocenters. The quantitative estimate of drug-likeness (QED) is 0.0417. The number of amides is 1. The first-order valence-electron chi connectivity index (χ1n) is 37.8. The van der Waals surface area contributed by atoms with Gasteiger partial charge in [-0.1, -0.05) is 406 Å². The molecule has 0 radical (unpaired) electrons. The zero-order chi connectivity index (χ0) is 58.5. The van der Waals surface area contributed by atoms with Gasteiger partial charge in [0.15, 0.2) is 0 Å². The molecule has 0 fully saturated rings. The van der Waals surface area contributed by atoms with Crippen molar-refractivity contribution in [1.82, 2.24) is 5.32 Å². The van der Waals surface area contributed by atoms with Gasteiger partial charge in [0.1, 0.15) is 0 Å². The minimum Gasteiger partial charge on any atom is -0.466 e. The standard InChI is InChI=1S/C75H149NO5/c1-3-5-7-9-11-13-15-17-19-21-37-41-45-49-53-57-61-65-69-75(80)81-70-66-62-58-54-50-46-42-38-35-33-31-29-27-25-23-22-24-26-28-30-32-34-36-40-44-48-52-56-60-64-68-74(79)76-72(71-77)73(78)67-63-59-55-51-47-43-39-20-18-16-14-12-10-8-6-4-2/h72-73,77-78H,3-71H2,1-2H3,(H,76,79). The molecule has 6 nitrogen and oxygen atoms in total. The number of hydrogen-bond acceptors (Lipinski definition) is 5. The smallest absolute Gasteiger partial charge is 0.305 e. The maximum atomic E-state index is 12.5. The average Bonchev–Trinajstić information content (AvgIpc) is 3.47. The molecular weight excluding hydrogens is 995 g/mol. The second-order valence-corrected chi connectivity index (χ2v) is 26.4. The van der Waals surface area contributed by atoms with Crippen LogP contribution < -0.4 is 5.32 Å². The summed E-state index contributed by atoms with van der Waals surface area (Å²) in [4.78, 5) is 24.6. The van der Waals surface area contributed by atoms with Crippen molar-refractivity contribution >= 4 is 11.9 Å². The fourth-order valence-electron chi connectivity index (χ4n) is 12.4. The van der Waals surface area contributed by atoms with Crippen LogP contribution in [0.15, 0.2) is 0 Å². The molecule has 0 spiro atoms. The molecule has 81 heavy (non-hydrogen) atoms. The molecule has 0 aromatic rings. The fraction of sp³-hybridized carbons (Fsp3) is 0.973. The van der Waals surface area contributed by atoms with Crippen LogP contribution in [0, 0.1) is 0 Å². The van der Waals surface area contributed by atoms with Crippen molar-refractivity contribution in [1.29, 1.82) is 0 Å². The van der Waals surface area contributed by atoms with Crippen LogP contribution in [0.5, 0.6) is 0 Å². The number of ether oxygens (including phenoxy) is 1. The number of carbonyl (C=O) groups excluding carboxylic acids is 2. The lowest BCUT2D eigenvalue weighted by Crippen LogP contribution is -2.45. The lowest BCUT2D eigenvalue weighted by Gasteiger charge is -2.22. The van der Waals surface area contributed by atoms with Crippen molar-refractivity contribution in [2.75, 3.05) is 13.2 Å². The fourth-order valence-corrected chi connectivity index (χ4v) is 12.4. The van der Waals surface area contributed by atoms with E-state index in [-0.39, 0.29) is 18.5 Å². The summed E-state index contributed by atoms with van der Waals surface area (Å²) in [6.45, 7) is 5.01. The summed E-state index contributed by atoms with van der Waals surface area (Å²) < 4.78 is 5.52. The number of unbranched alkanes of at least 4 members (excludes halogenated alkanes) is 61. The van der Waals surface area contributed by atoms with Crippen LogP contribution in [0.4, 0.5) is 0 Å². The van der Waals surface area contributed by atoms with Crippen LogP contribution in [-0.4, -0.2) is 47.4 Å². The van der Waals surface area contributed by atoms with E-state index in [0.29, 0.717) is 25.9 Å². The third-order valence-corrected chi connectivity index (χ3v) is 18.2. The summed E-state index contributed by atoms with van der Waals surface area (Å²) in [5.41, 5.74) is 0. The zero-order valence-corrected chi connectivity index (χ0v) is 55.6. The number of nitrogens with one attached hydrogen (secondary N) is 1. The van der Waals surface area contributed by atoms with E-state index in [2.05, 4.69) is 19.2 Å². The Kier molecular flexibility index (Phi) is 70.3. The van der Waals surface area contributed by atoms with E-state index in [1.165, 1.54) is 372 Å². The summed E-state index contributed by atoms with van der Waals surface area (Å²) in [7, 11) is 0. The van der Waals surface area contributed by atoms with Gasteiger partial charge in [0.05, 0.1) is 25.4 Å². The number of esters is 1. The normalized spacial score (nSPS) is 12.4. The molecule has 0 aromatic carbocycles. The molecule has 3 N–H and O–H groups in total. The first-order valence-corrected chi connectivity index (χ1v) is 37.8. The van der Waals surface area contributed by atoms with E-state index in [4.69, 9.17) is 4.74 Å². The molecule has 2 atom stereocenters. The highest BCUT2D eigenvalue weighted by Crippen LogP contribution is 2.20. The Labute approximate surface area is 508 Å². The number of rotatable bonds is 72. The lowest BCUT2D eigenvalue weighted by molar-refractivity contribution is -0.143. The van der Waals surface area contributed by atoms with Crippen LogP contribution in [0.1, 0.15) is 444 Å². The molecule has 0 heterocycles. The highest BCUT2D eigenvalue weighted by atomic mass is 16.5. The molecule has 0 saturated heterocycles. The maximum absolute atomic E-state index is 12.5. The Bertz CT molecular complexity index is 1180. The van der Waals surface area contributed by atoms with E-state index >= 15 is 0 Å². The SMILES string of the molecule is CCCCCCCCCCCCCCCCCCCCC(=O)OCCCCCCCCCCCCCCCCCCCCCCCCCCCCCCCCC(=O)NC(CO)C(O)CCCCCCCCCCCCCCCCCC. The van der Waals surface area contributed by atoms with Crippen molar-refractivity contribution in [3.63, 3.8) is 0 Å². The maximum Gasteiger partial charge on any atom is 0.305 e. The summed E-state index contributed by atoms with van der Waals surface area (Å²) in [6.07, 6.45) is 87.5. The third-order valence-electron chi connectivity index (χ3n) is 18.2. The topological polar surface area (TPSA) is 95.9 Å². The molecule has 0 bridgehead atoms. The predicted molar refractivity (Wildman–Crippen MR) is 357 cm³/mol. The summed E-state index contributed by atoms with van der Waals surface area (Å²) in [6, 6.07) is -0.537. The molecule has 0 rings (SSSR count). The Hall–Kier alpha value is -1.14. The van der Waals surface area contributed by atoms with Gasteiger partial charge in [-0.25, -0.2) is 0 Å². The lowest BCUT2D eigenvalue weighted by atomic mass is 10.0. The molecule has 0 saturated carbocycles. The van der Waals surface area contributed by atoms with Crippen LogP contribution in [0.2, 0.25) is 0 Å². The second kappa shape index (κ2) is 71.3. The van der Waals surface area contributed by atoms with Crippen molar-refractivity contribution in [3.8, 4) is 0 Å². The molecule has 0 aliphatic rings. The van der Waals surface area contributed by atoms with Crippen molar-refractivity contribution in [3.05, 3.63) is 0 Å². The zero-order valence-electron chi connectivity index (χ0n) is 55.6. The minimum absolute atomic E-state index is 0.0259. The monoisotopic (exact) mass is 1140 g/mol. The Morgan fingerprint density at radius 3 is 0.753 bits per heavy atom. The average molecular weight is 1150 g/mol. The van der Waals surface area contributed by atoms with Gasteiger partial charge in [0.25, 0.3) is 0 Å². The minimum atomic E-state index is -0.660. The molecule has 0 aliphatic carbocycles. The second-order valence-electron chi connectivity index (χ2n) is 26.4. The Balaban J connectivity index is 3.30. The summed E-state index contributed by atoms with van der Waals surface area (Å²) >= 11 is 0. The van der Waals surface area contributed by atoms with Gasteiger partial charge in [-0.2, -0.15) is 0 Å². The summed E-state index contributed by atoms with van der Waals surface area (Å²) in [5.74, 6) is -0.000643. The van der Waals surface area contributed by atoms with Crippen LogP contribution in [-0.2, 0) is 14.3 Å². The summed E-state index contributed by atoms with van der Waals surface area (Å²) in [5, 5.41) is 23.4. The highest BCUT2D eigenvalue weighted by molar-refractivity contribution is 5.76. The largest absolute Gasteiger partial charge is 0.466 e. The molecule has 6 heteroatoms. The number of hydrogen-bond donors (Lipinski definition) is 3. The van der Waals surface area contributed by atoms with Gasteiger partial charge in [0.2, 0.25) is 5.91 Å². The van der Waals surface area contributed by atoms with Crippen molar-refractivity contribution in [2.45, 2.75) is 456 Å². The van der Waals surface area contributed by atoms with Crippen LogP contribution in [0.25, 0.3) is 0 Å². The van der Waals surface area contributed by atoms with Gasteiger partial charge < -0.3 is 20.3 Å². The van der Waals surface area contributed by atoms with Crippen LogP contribution >= 0.6 is 0 Å². The highest BCUT2D eigenvalue weighted by Gasteiger charge is 2.20. The van der Waals surface area contributed by atoms with Crippen LogP contribution in [0.3, 0.4) is 0 Å². The van der Waals surface area contributed by atoms with Gasteiger partial charge in [-0.3, -0.25) is 9.59 Å². The number of aliphatic hydroxyl groups is 2. The molecule has 484 valence electrons. The number of aliphatic hydroxyl groups excluding tert-OH is 2. The van der Waals surface area contributed by atoms with E-state index in [1.807, 2.05) is 0 Å². The van der Waals surface area contributed by atoms with Crippen molar-refractivity contribution < 1.29 is 24.5 Å². The van der Waals surface area contributed by atoms with Gasteiger partial charge in [0, 0.05) is 12.8 Å². The van der Waals surface area contributed by atoms with E-state index in [1.54, 1.807) is 0 Å². The Morgan fingerprint density at radius 1 is 0.296 bits per heavy atom. The van der Waals surface area contributed by atoms with Gasteiger partial charge >= 0.3 is 5.97 Å². The van der Waals surface area contributed by atoms with E-state index in [0.717, 1.165) is 38.5 Å². The predicted octanol–water partition coefficient (Wildman–Crippen LogP) is 24.5. The van der Waals surface area contributed by atoms with Gasteiger partial charge in [-0.15, -0.1) is 0 Å². The van der Waals surface area contributed by atoms with E-state index in [9.17, 15) is 19.8 Å². The van der Waals surface area contributed by atoms with Crippen molar-refractivity contribution in [2.24, 2.45) is 0 Å². The Morgan fingerprint density at radius 2 is 0.506 bits per heavy atom. The first kappa shape index (κ1) is 79.9. The molecule has 0 aromatic heterocycles. The van der Waals surface area contributed by atoms with E-state index < -0.39 is 12.1 Å². The van der Waals surface area contributed by atoms with Gasteiger partial charge in [-0.05, 0) is 25.7 Å².